The predicted octanol–water partition coefficient (Wildman–Crippen LogP) is 2.48. The minimum atomic E-state index is 0.716. The minimum Gasteiger partial charge on any atom is -0.493 e. The Bertz CT molecular complexity index is 529. The molecule has 0 unspecified atom stereocenters. The van der Waals surface area contributed by atoms with Crippen molar-refractivity contribution in [2.45, 2.75) is 13.1 Å². The lowest BCUT2D eigenvalue weighted by atomic mass is 10.2. The lowest BCUT2D eigenvalue weighted by Crippen LogP contribution is -2.12. The Kier molecular flexibility index (Phi) is 4.81. The molecule has 19 heavy (non-hydrogen) atoms. The number of halogens is 1. The average Bonchev–Trinajstić information content (AvgIpc) is 2.93. The SMILES string of the molecule is COc1cc(Br)c(CNCc2cn[nH]c2)cc1OC. The zero-order chi connectivity index (χ0) is 13.7. The molecule has 2 rings (SSSR count). The Morgan fingerprint density at radius 3 is 2.58 bits per heavy atom. The molecule has 2 N–H and O–H groups in total. The summed E-state index contributed by atoms with van der Waals surface area (Å²) < 4.78 is 11.5. The normalized spacial score (nSPS) is 10.5. The molecular weight excluding hydrogens is 310 g/mol. The van der Waals surface area contributed by atoms with E-state index < -0.39 is 0 Å². The van der Waals surface area contributed by atoms with E-state index in [1.165, 1.54) is 0 Å². The average molecular weight is 326 g/mol. The van der Waals surface area contributed by atoms with Crippen LogP contribution in [0.4, 0.5) is 0 Å². The number of benzene rings is 1. The molecule has 0 aliphatic carbocycles. The van der Waals surface area contributed by atoms with Crippen molar-refractivity contribution < 1.29 is 9.47 Å². The van der Waals surface area contributed by atoms with Crippen molar-refractivity contribution in [2.24, 2.45) is 0 Å². The summed E-state index contributed by atoms with van der Waals surface area (Å²) in [7, 11) is 3.26. The van der Waals surface area contributed by atoms with Gasteiger partial charge in [0.1, 0.15) is 0 Å². The molecule has 0 radical (unpaired) electrons. The largest absolute Gasteiger partial charge is 0.493 e. The standard InChI is InChI=1S/C13H16BrN3O2/c1-18-12-3-10(11(14)4-13(12)19-2)8-15-5-9-6-16-17-7-9/h3-4,6-7,15H,5,8H2,1-2H3,(H,16,17). The highest BCUT2D eigenvalue weighted by Crippen LogP contribution is 2.33. The summed E-state index contributed by atoms with van der Waals surface area (Å²) in [6, 6.07) is 3.87. The Balaban J connectivity index is 2.03. The van der Waals surface area contributed by atoms with Crippen LogP contribution in [0.25, 0.3) is 0 Å². The van der Waals surface area contributed by atoms with Crippen LogP contribution in [0.3, 0.4) is 0 Å². The summed E-state index contributed by atoms with van der Waals surface area (Å²) in [6.07, 6.45) is 3.67. The quantitative estimate of drug-likeness (QED) is 0.856. The van der Waals surface area contributed by atoms with E-state index in [9.17, 15) is 0 Å². The van der Waals surface area contributed by atoms with Gasteiger partial charge in [0.15, 0.2) is 11.5 Å². The van der Waals surface area contributed by atoms with E-state index in [2.05, 4.69) is 31.4 Å². The van der Waals surface area contributed by atoms with Crippen LogP contribution in [0.5, 0.6) is 11.5 Å². The van der Waals surface area contributed by atoms with Gasteiger partial charge in [-0.1, -0.05) is 15.9 Å². The fraction of sp³-hybridized carbons (Fsp3) is 0.308. The van der Waals surface area contributed by atoms with Crippen molar-refractivity contribution >= 4 is 15.9 Å². The number of methoxy groups -OCH3 is 2. The van der Waals surface area contributed by atoms with Crippen LogP contribution in [0.2, 0.25) is 0 Å². The molecular formula is C13H16BrN3O2. The van der Waals surface area contributed by atoms with E-state index in [1.54, 1.807) is 20.4 Å². The second kappa shape index (κ2) is 6.58. The highest BCUT2D eigenvalue weighted by Gasteiger charge is 2.09. The Morgan fingerprint density at radius 2 is 1.95 bits per heavy atom. The fourth-order valence-electron chi connectivity index (χ4n) is 1.75. The molecule has 1 heterocycles. The third-order valence-electron chi connectivity index (χ3n) is 2.75. The summed E-state index contributed by atoms with van der Waals surface area (Å²) in [5.74, 6) is 1.44. The molecule has 0 bridgehead atoms. The van der Waals surface area contributed by atoms with Gasteiger partial charge in [0.05, 0.1) is 20.4 Å². The molecule has 0 fully saturated rings. The molecule has 0 saturated heterocycles. The zero-order valence-corrected chi connectivity index (χ0v) is 12.5. The predicted molar refractivity (Wildman–Crippen MR) is 76.4 cm³/mol. The van der Waals surface area contributed by atoms with Gasteiger partial charge in [-0.15, -0.1) is 0 Å². The van der Waals surface area contributed by atoms with Gasteiger partial charge in [0.2, 0.25) is 0 Å². The zero-order valence-electron chi connectivity index (χ0n) is 10.9. The smallest absolute Gasteiger partial charge is 0.161 e. The van der Waals surface area contributed by atoms with Crippen LogP contribution >= 0.6 is 15.9 Å². The first-order chi connectivity index (χ1) is 9.24. The highest BCUT2D eigenvalue weighted by molar-refractivity contribution is 9.10. The summed E-state index contributed by atoms with van der Waals surface area (Å²) in [5.41, 5.74) is 2.23. The van der Waals surface area contributed by atoms with Crippen LogP contribution in [-0.4, -0.2) is 24.4 Å². The van der Waals surface area contributed by atoms with Crippen LogP contribution in [-0.2, 0) is 13.1 Å². The van der Waals surface area contributed by atoms with E-state index in [0.717, 1.165) is 34.4 Å². The number of nitrogens with one attached hydrogen (secondary N) is 2. The molecule has 0 spiro atoms. The lowest BCUT2D eigenvalue weighted by Gasteiger charge is -2.12. The Morgan fingerprint density at radius 1 is 1.21 bits per heavy atom. The highest BCUT2D eigenvalue weighted by atomic mass is 79.9. The molecule has 0 saturated carbocycles. The molecule has 5 nitrogen and oxygen atoms in total. The van der Waals surface area contributed by atoms with Gasteiger partial charge in [-0.2, -0.15) is 5.10 Å². The van der Waals surface area contributed by atoms with E-state index in [-0.39, 0.29) is 0 Å². The maximum atomic E-state index is 5.30. The Labute approximate surface area is 120 Å². The van der Waals surface area contributed by atoms with Gasteiger partial charge in [0.25, 0.3) is 0 Å². The first-order valence-electron chi connectivity index (χ1n) is 5.83. The topological polar surface area (TPSA) is 59.2 Å². The number of nitrogens with zero attached hydrogens (tertiary/aromatic N) is 1. The fourth-order valence-corrected chi connectivity index (χ4v) is 2.21. The third kappa shape index (κ3) is 3.48. The van der Waals surface area contributed by atoms with Gasteiger partial charge in [-0.05, 0) is 17.7 Å². The number of hydrogen-bond donors (Lipinski definition) is 2. The molecule has 1 aromatic carbocycles. The first kappa shape index (κ1) is 13.9. The van der Waals surface area contributed by atoms with Crippen LogP contribution < -0.4 is 14.8 Å². The number of H-pyrrole nitrogens is 1. The summed E-state index contributed by atoms with van der Waals surface area (Å²) >= 11 is 3.54. The second-order valence-electron chi connectivity index (χ2n) is 4.01. The Hall–Kier alpha value is -1.53. The second-order valence-corrected chi connectivity index (χ2v) is 4.86. The van der Waals surface area contributed by atoms with Crippen molar-refractivity contribution in [3.05, 3.63) is 40.1 Å². The molecule has 6 heteroatoms. The van der Waals surface area contributed by atoms with Crippen LogP contribution in [0, 0.1) is 0 Å². The van der Waals surface area contributed by atoms with Gasteiger partial charge in [-0.3, -0.25) is 5.10 Å². The number of aromatic amines is 1. The van der Waals surface area contributed by atoms with E-state index >= 15 is 0 Å². The van der Waals surface area contributed by atoms with Gasteiger partial charge < -0.3 is 14.8 Å². The number of hydrogen-bond acceptors (Lipinski definition) is 4. The van der Waals surface area contributed by atoms with E-state index in [0.29, 0.717) is 5.75 Å². The monoisotopic (exact) mass is 325 g/mol. The van der Waals surface area contributed by atoms with Crippen molar-refractivity contribution in [3.8, 4) is 11.5 Å². The van der Waals surface area contributed by atoms with Crippen molar-refractivity contribution in [1.82, 2.24) is 15.5 Å². The molecule has 0 atom stereocenters. The third-order valence-corrected chi connectivity index (χ3v) is 3.49. The summed E-state index contributed by atoms with van der Waals surface area (Å²) in [5, 5.41) is 10.0. The van der Waals surface area contributed by atoms with Crippen molar-refractivity contribution in [3.63, 3.8) is 0 Å². The lowest BCUT2D eigenvalue weighted by molar-refractivity contribution is 0.354. The van der Waals surface area contributed by atoms with Crippen LogP contribution in [0.1, 0.15) is 11.1 Å². The number of rotatable bonds is 6. The molecule has 0 aliphatic rings. The molecule has 102 valence electrons. The minimum absolute atomic E-state index is 0.716. The van der Waals surface area contributed by atoms with Crippen molar-refractivity contribution in [2.75, 3.05) is 14.2 Å². The van der Waals surface area contributed by atoms with Crippen molar-refractivity contribution in [1.29, 1.82) is 0 Å². The summed E-state index contributed by atoms with van der Waals surface area (Å²) in [4.78, 5) is 0. The van der Waals surface area contributed by atoms with Gasteiger partial charge in [0, 0.05) is 29.3 Å². The number of aromatic nitrogens is 2. The van der Waals surface area contributed by atoms with E-state index in [4.69, 9.17) is 9.47 Å². The molecule has 2 aromatic rings. The maximum Gasteiger partial charge on any atom is 0.161 e. The van der Waals surface area contributed by atoms with Gasteiger partial charge in [-0.25, -0.2) is 0 Å². The summed E-state index contributed by atoms with van der Waals surface area (Å²) in [6.45, 7) is 1.49. The van der Waals surface area contributed by atoms with E-state index in [1.807, 2.05) is 18.3 Å². The molecule has 0 amide bonds. The van der Waals surface area contributed by atoms with Gasteiger partial charge >= 0.3 is 0 Å². The first-order valence-corrected chi connectivity index (χ1v) is 6.62. The number of ether oxygens (including phenoxy) is 2. The molecule has 0 aliphatic heterocycles. The maximum absolute atomic E-state index is 5.30. The molecule has 1 aromatic heterocycles. The van der Waals surface area contributed by atoms with Crippen LogP contribution in [0.15, 0.2) is 29.0 Å².